The average molecular weight is 568 g/mol. The molecule has 0 aromatic heterocycles. The maximum atomic E-state index is 14.5. The molecule has 1 unspecified atom stereocenters. The van der Waals surface area contributed by atoms with Gasteiger partial charge in [-0.05, 0) is 48.4 Å². The third kappa shape index (κ3) is 4.57. The lowest BCUT2D eigenvalue weighted by Gasteiger charge is -2.32. The van der Waals surface area contributed by atoms with Crippen LogP contribution in [0, 0.1) is 0 Å². The Kier molecular flexibility index (Phi) is 7.32. The Hall–Kier alpha value is -2.67. The van der Waals surface area contributed by atoms with E-state index in [2.05, 4.69) is 0 Å². The van der Waals surface area contributed by atoms with E-state index in [0.29, 0.717) is 44.6 Å². The van der Waals surface area contributed by atoms with E-state index >= 15 is 0 Å². The normalized spacial score (nSPS) is 22.0. The minimum Gasteiger partial charge on any atom is -0.381 e. The SMILES string of the molecule is O=CN1CCC(c2ccc(C(F)(C(F)(F)F)C(F)(F)F)cc2)(S(=O)(=O)c2cccc(C3CCOCC3)c2)C1. The fourth-order valence-corrected chi connectivity index (χ4v) is 7.34. The van der Waals surface area contributed by atoms with E-state index in [1.54, 1.807) is 12.1 Å². The maximum Gasteiger partial charge on any atom is 0.435 e. The van der Waals surface area contributed by atoms with Gasteiger partial charge in [0.05, 0.1) is 4.90 Å². The highest BCUT2D eigenvalue weighted by molar-refractivity contribution is 7.92. The molecule has 0 aliphatic carbocycles. The maximum absolute atomic E-state index is 14.5. The van der Waals surface area contributed by atoms with Gasteiger partial charge in [0.2, 0.25) is 6.41 Å². The highest BCUT2D eigenvalue weighted by atomic mass is 32.2. The van der Waals surface area contributed by atoms with Gasteiger partial charge in [0, 0.05) is 31.9 Å². The van der Waals surface area contributed by atoms with Crippen molar-refractivity contribution in [2.75, 3.05) is 26.3 Å². The van der Waals surface area contributed by atoms with E-state index in [1.165, 1.54) is 17.0 Å². The van der Waals surface area contributed by atoms with Crippen LogP contribution in [-0.4, -0.2) is 58.4 Å². The Morgan fingerprint density at radius 3 is 2.05 bits per heavy atom. The van der Waals surface area contributed by atoms with E-state index in [-0.39, 0.29) is 35.9 Å². The van der Waals surface area contributed by atoms with Gasteiger partial charge in [-0.25, -0.2) is 12.8 Å². The van der Waals surface area contributed by atoms with Crippen LogP contribution in [0.1, 0.15) is 41.9 Å². The van der Waals surface area contributed by atoms with Crippen molar-refractivity contribution in [3.8, 4) is 0 Å². The lowest BCUT2D eigenvalue weighted by molar-refractivity contribution is -0.348. The molecule has 38 heavy (non-hydrogen) atoms. The average Bonchev–Trinajstić information content (AvgIpc) is 3.34. The molecule has 2 aliphatic rings. The number of alkyl halides is 7. The van der Waals surface area contributed by atoms with E-state index in [4.69, 9.17) is 4.74 Å². The monoisotopic (exact) mass is 567 g/mol. The number of sulfone groups is 1. The minimum atomic E-state index is -6.30. The molecule has 2 fully saturated rings. The van der Waals surface area contributed by atoms with Crippen LogP contribution >= 0.6 is 0 Å². The first-order chi connectivity index (χ1) is 17.7. The number of carbonyl (C=O) groups is 1. The van der Waals surface area contributed by atoms with Gasteiger partial charge in [-0.15, -0.1) is 0 Å². The van der Waals surface area contributed by atoms with E-state index in [1.807, 2.05) is 0 Å². The summed E-state index contributed by atoms with van der Waals surface area (Å²) in [5.74, 6) is 0.0478. The number of halogens is 7. The molecular weight excluding hydrogens is 543 g/mol. The lowest BCUT2D eigenvalue weighted by atomic mass is 9.90. The van der Waals surface area contributed by atoms with Crippen molar-refractivity contribution in [2.45, 2.75) is 52.8 Å². The Bertz CT molecular complexity index is 1260. The van der Waals surface area contributed by atoms with Gasteiger partial charge in [-0.1, -0.05) is 36.4 Å². The zero-order chi connectivity index (χ0) is 28.0. The number of amides is 1. The number of hydrogen-bond acceptors (Lipinski definition) is 4. The first kappa shape index (κ1) is 28.3. The molecule has 0 radical (unpaired) electrons. The van der Waals surface area contributed by atoms with Gasteiger partial charge in [-0.2, -0.15) is 26.3 Å². The molecule has 4 rings (SSSR count). The molecule has 2 aromatic carbocycles. The highest BCUT2D eigenvalue weighted by Gasteiger charge is 2.73. The standard InChI is InChI=1S/C25H24F7NO4S/c26-23(24(27,28)29,25(30,31)32)20-6-4-19(5-7-20)22(10-11-33(15-22)16-34)38(35,36)21-3-1-2-18(14-21)17-8-12-37-13-9-17/h1-7,14,16-17H,8-13,15H2. The summed E-state index contributed by atoms with van der Waals surface area (Å²) < 4.78 is 125. The summed E-state index contributed by atoms with van der Waals surface area (Å²) in [6, 6.07) is 8.32. The number of likely N-dealkylation sites (tertiary alicyclic amines) is 1. The smallest absolute Gasteiger partial charge is 0.381 e. The van der Waals surface area contributed by atoms with Gasteiger partial charge < -0.3 is 9.64 Å². The van der Waals surface area contributed by atoms with Crippen LogP contribution in [0.25, 0.3) is 0 Å². The number of rotatable bonds is 6. The quantitative estimate of drug-likeness (QED) is 0.347. The molecule has 0 saturated carbocycles. The lowest BCUT2D eigenvalue weighted by Crippen LogP contribution is -2.50. The van der Waals surface area contributed by atoms with Crippen molar-refractivity contribution >= 4 is 16.2 Å². The summed E-state index contributed by atoms with van der Waals surface area (Å²) >= 11 is 0. The van der Waals surface area contributed by atoms with Crippen LogP contribution in [0.4, 0.5) is 30.7 Å². The molecule has 0 N–H and O–H groups in total. The van der Waals surface area contributed by atoms with Gasteiger partial charge in [0.1, 0.15) is 4.75 Å². The second-order valence-corrected chi connectivity index (χ2v) is 11.8. The number of benzene rings is 2. The molecule has 2 heterocycles. The Labute approximate surface area is 214 Å². The van der Waals surface area contributed by atoms with Gasteiger partial charge >= 0.3 is 18.0 Å². The number of ether oxygens (including phenoxy) is 1. The van der Waals surface area contributed by atoms with Crippen LogP contribution in [-0.2, 0) is 29.8 Å². The van der Waals surface area contributed by atoms with Gasteiger partial charge in [0.25, 0.3) is 0 Å². The fourth-order valence-electron chi connectivity index (χ4n) is 5.19. The molecule has 0 spiro atoms. The molecule has 1 amide bonds. The summed E-state index contributed by atoms with van der Waals surface area (Å²) in [5, 5.41) is 0. The van der Waals surface area contributed by atoms with Crippen molar-refractivity contribution in [1.29, 1.82) is 0 Å². The Morgan fingerprint density at radius 1 is 0.921 bits per heavy atom. The Morgan fingerprint density at radius 2 is 1.53 bits per heavy atom. The zero-order valence-corrected chi connectivity index (χ0v) is 20.7. The van der Waals surface area contributed by atoms with Crippen LogP contribution in [0.5, 0.6) is 0 Å². The third-order valence-corrected chi connectivity index (χ3v) is 9.85. The number of carbonyl (C=O) groups excluding carboxylic acids is 1. The molecule has 13 heteroatoms. The molecule has 208 valence electrons. The van der Waals surface area contributed by atoms with E-state index in [9.17, 15) is 43.9 Å². The fraction of sp³-hybridized carbons (Fsp3) is 0.480. The summed E-state index contributed by atoms with van der Waals surface area (Å²) in [6.07, 6.45) is -11.0. The third-order valence-electron chi connectivity index (χ3n) is 7.38. The summed E-state index contributed by atoms with van der Waals surface area (Å²) in [7, 11) is -4.33. The molecular formula is C25H24F7NO4S. The van der Waals surface area contributed by atoms with Crippen LogP contribution in [0.15, 0.2) is 53.4 Å². The second-order valence-electron chi connectivity index (χ2n) is 9.51. The highest BCUT2D eigenvalue weighted by Crippen LogP contribution is 2.53. The molecule has 5 nitrogen and oxygen atoms in total. The number of hydrogen-bond donors (Lipinski definition) is 0. The topological polar surface area (TPSA) is 63.7 Å². The van der Waals surface area contributed by atoms with Crippen molar-refractivity contribution in [3.63, 3.8) is 0 Å². The van der Waals surface area contributed by atoms with Gasteiger partial charge in [-0.3, -0.25) is 4.79 Å². The molecule has 2 aromatic rings. The van der Waals surface area contributed by atoms with Crippen LogP contribution < -0.4 is 0 Å². The van der Waals surface area contributed by atoms with Gasteiger partial charge in [0.15, 0.2) is 9.84 Å². The molecule has 2 saturated heterocycles. The Balaban J connectivity index is 1.80. The zero-order valence-electron chi connectivity index (χ0n) is 19.9. The van der Waals surface area contributed by atoms with Crippen molar-refractivity contribution in [3.05, 3.63) is 65.2 Å². The van der Waals surface area contributed by atoms with E-state index < -0.39 is 38.2 Å². The van der Waals surface area contributed by atoms with Crippen molar-refractivity contribution in [1.82, 2.24) is 4.90 Å². The van der Waals surface area contributed by atoms with Crippen molar-refractivity contribution in [2.24, 2.45) is 0 Å². The second kappa shape index (κ2) is 9.82. The molecule has 1 atom stereocenters. The molecule has 0 bridgehead atoms. The summed E-state index contributed by atoms with van der Waals surface area (Å²) in [4.78, 5) is 12.5. The van der Waals surface area contributed by atoms with Crippen LogP contribution in [0.2, 0.25) is 0 Å². The summed E-state index contributed by atoms with van der Waals surface area (Å²) in [6.45, 7) is 0.636. The predicted molar refractivity (Wildman–Crippen MR) is 122 cm³/mol. The molecule has 2 aliphatic heterocycles. The first-order valence-electron chi connectivity index (χ1n) is 11.7. The predicted octanol–water partition coefficient (Wildman–Crippen LogP) is 5.40. The summed E-state index contributed by atoms with van der Waals surface area (Å²) in [5.41, 5.74) is -6.76. The van der Waals surface area contributed by atoms with Crippen molar-refractivity contribution < 1.29 is 48.7 Å². The minimum absolute atomic E-state index is 0.0116. The number of nitrogens with zero attached hydrogens (tertiary/aromatic N) is 1. The van der Waals surface area contributed by atoms with E-state index in [0.717, 1.165) is 17.7 Å². The van der Waals surface area contributed by atoms with Crippen LogP contribution in [0.3, 0.4) is 0 Å². The first-order valence-corrected chi connectivity index (χ1v) is 13.2. The largest absolute Gasteiger partial charge is 0.435 e.